The topological polar surface area (TPSA) is 72.2 Å². The van der Waals surface area contributed by atoms with Crippen LogP contribution in [-0.4, -0.2) is 21.4 Å². The molecule has 0 saturated heterocycles. The summed E-state index contributed by atoms with van der Waals surface area (Å²) in [5, 5.41) is -0.450. The summed E-state index contributed by atoms with van der Waals surface area (Å²) in [6.07, 6.45) is -2.81. The lowest BCUT2D eigenvalue weighted by atomic mass is 10.3. The molecule has 0 unspecified atom stereocenters. The van der Waals surface area contributed by atoms with Crippen LogP contribution in [0.25, 0.3) is 0 Å². The minimum Gasteiger partial charge on any atom is -0.399 e. The predicted octanol–water partition coefficient (Wildman–Crippen LogP) is 2.12. The highest BCUT2D eigenvalue weighted by molar-refractivity contribution is 7.89. The molecule has 0 aliphatic heterocycles. The van der Waals surface area contributed by atoms with Gasteiger partial charge >= 0.3 is 0 Å². The zero-order valence-electron chi connectivity index (χ0n) is 8.25. The summed E-state index contributed by atoms with van der Waals surface area (Å²) in [7, 11) is -4.18. The highest BCUT2D eigenvalue weighted by atomic mass is 35.5. The van der Waals surface area contributed by atoms with Gasteiger partial charge in [0.25, 0.3) is 6.43 Å². The Morgan fingerprint density at radius 1 is 1.29 bits per heavy atom. The standard InChI is InChI=1S/C8H8Cl2F2N2O2S/c9-5-1-4(13)2-6(10)8(5)17(15,16)14-3-7(11)12/h1-2,7,14H,3,13H2. The third-order valence-corrected chi connectivity index (χ3v) is 4.06. The highest BCUT2D eigenvalue weighted by Crippen LogP contribution is 2.31. The molecule has 0 bridgehead atoms. The Kier molecular flexibility index (Phi) is 4.54. The van der Waals surface area contributed by atoms with E-state index < -0.39 is 27.9 Å². The number of halogens is 4. The smallest absolute Gasteiger partial charge is 0.251 e. The molecule has 0 aliphatic rings. The molecule has 1 aromatic rings. The van der Waals surface area contributed by atoms with E-state index in [0.717, 1.165) is 0 Å². The van der Waals surface area contributed by atoms with E-state index in [1.54, 1.807) is 4.72 Å². The zero-order valence-corrected chi connectivity index (χ0v) is 10.6. The summed E-state index contributed by atoms with van der Waals surface area (Å²) >= 11 is 11.3. The van der Waals surface area contributed by atoms with Crippen LogP contribution in [0.3, 0.4) is 0 Å². The van der Waals surface area contributed by atoms with E-state index in [1.165, 1.54) is 12.1 Å². The average molecular weight is 305 g/mol. The fraction of sp³-hybridized carbons (Fsp3) is 0.250. The first kappa shape index (κ1) is 14.4. The number of hydrogen-bond acceptors (Lipinski definition) is 3. The minimum atomic E-state index is -4.18. The second-order valence-corrected chi connectivity index (χ2v) is 5.57. The number of rotatable bonds is 4. The Labute approximate surface area is 107 Å². The Morgan fingerprint density at radius 2 is 1.76 bits per heavy atom. The van der Waals surface area contributed by atoms with Gasteiger partial charge in [-0.3, -0.25) is 0 Å². The molecule has 0 aromatic heterocycles. The van der Waals surface area contributed by atoms with Crippen molar-refractivity contribution >= 4 is 38.9 Å². The highest BCUT2D eigenvalue weighted by Gasteiger charge is 2.23. The third kappa shape index (κ3) is 3.67. The van der Waals surface area contributed by atoms with Crippen molar-refractivity contribution in [3.8, 4) is 0 Å². The van der Waals surface area contributed by atoms with Crippen LogP contribution in [0.15, 0.2) is 17.0 Å². The second kappa shape index (κ2) is 5.34. The van der Waals surface area contributed by atoms with Crippen molar-refractivity contribution < 1.29 is 17.2 Å². The monoisotopic (exact) mass is 304 g/mol. The molecule has 0 amide bonds. The van der Waals surface area contributed by atoms with E-state index in [1.807, 2.05) is 0 Å². The summed E-state index contributed by atoms with van der Waals surface area (Å²) in [6.45, 7) is -1.01. The van der Waals surface area contributed by atoms with Crippen molar-refractivity contribution in [2.45, 2.75) is 11.3 Å². The first-order valence-corrected chi connectivity index (χ1v) is 6.50. The summed E-state index contributed by atoms with van der Waals surface area (Å²) in [5.74, 6) is 0. The lowest BCUT2D eigenvalue weighted by molar-refractivity contribution is 0.153. The first-order valence-electron chi connectivity index (χ1n) is 4.26. The third-order valence-electron chi connectivity index (χ3n) is 1.72. The molecular weight excluding hydrogens is 297 g/mol. The SMILES string of the molecule is Nc1cc(Cl)c(S(=O)(=O)NCC(F)F)c(Cl)c1. The van der Waals surface area contributed by atoms with Gasteiger partial charge in [-0.1, -0.05) is 23.2 Å². The van der Waals surface area contributed by atoms with Crippen molar-refractivity contribution in [1.29, 1.82) is 0 Å². The lowest BCUT2D eigenvalue weighted by Crippen LogP contribution is -2.29. The van der Waals surface area contributed by atoms with Crippen molar-refractivity contribution in [3.05, 3.63) is 22.2 Å². The molecule has 1 aromatic carbocycles. The van der Waals surface area contributed by atoms with Gasteiger partial charge in [-0.15, -0.1) is 0 Å². The van der Waals surface area contributed by atoms with E-state index in [-0.39, 0.29) is 15.7 Å². The lowest BCUT2D eigenvalue weighted by Gasteiger charge is -2.10. The Bertz CT molecular complexity index is 499. The number of anilines is 1. The fourth-order valence-corrected chi connectivity index (χ4v) is 3.32. The molecule has 0 atom stereocenters. The van der Waals surface area contributed by atoms with Crippen molar-refractivity contribution in [2.24, 2.45) is 0 Å². The molecular formula is C8H8Cl2F2N2O2S. The minimum absolute atomic E-state index is 0.174. The van der Waals surface area contributed by atoms with Crippen molar-refractivity contribution in [2.75, 3.05) is 12.3 Å². The van der Waals surface area contributed by atoms with Crippen molar-refractivity contribution in [1.82, 2.24) is 4.72 Å². The molecule has 1 rings (SSSR count). The maximum Gasteiger partial charge on any atom is 0.251 e. The summed E-state index contributed by atoms with van der Waals surface area (Å²) < 4.78 is 48.8. The van der Waals surface area contributed by atoms with Gasteiger partial charge < -0.3 is 5.73 Å². The van der Waals surface area contributed by atoms with E-state index in [2.05, 4.69) is 0 Å². The van der Waals surface area contributed by atoms with Crippen LogP contribution >= 0.6 is 23.2 Å². The Morgan fingerprint density at radius 3 is 2.18 bits per heavy atom. The predicted molar refractivity (Wildman–Crippen MR) is 62.1 cm³/mol. The molecule has 3 N–H and O–H groups in total. The van der Waals surface area contributed by atoms with E-state index in [0.29, 0.717) is 0 Å². The summed E-state index contributed by atoms with van der Waals surface area (Å²) in [4.78, 5) is -0.462. The Hall–Kier alpha value is -0.630. The number of nitrogens with two attached hydrogens (primary N) is 1. The van der Waals surface area contributed by atoms with E-state index in [9.17, 15) is 17.2 Å². The number of nitrogens with one attached hydrogen (secondary N) is 1. The average Bonchev–Trinajstić information content (AvgIpc) is 2.12. The maximum atomic E-state index is 11.9. The molecule has 0 heterocycles. The first-order chi connectivity index (χ1) is 7.74. The summed E-state index contributed by atoms with van der Waals surface area (Å²) in [6, 6.07) is 2.34. The molecule has 17 heavy (non-hydrogen) atoms. The van der Waals surface area contributed by atoms with Gasteiger partial charge in [0.2, 0.25) is 10.0 Å². The fourth-order valence-electron chi connectivity index (χ4n) is 1.08. The van der Waals surface area contributed by atoms with Gasteiger partial charge in [0.05, 0.1) is 16.6 Å². The number of hydrogen-bond donors (Lipinski definition) is 2. The van der Waals surface area contributed by atoms with Gasteiger partial charge in [-0.05, 0) is 12.1 Å². The van der Waals surface area contributed by atoms with E-state index >= 15 is 0 Å². The molecule has 0 aliphatic carbocycles. The zero-order chi connectivity index (χ0) is 13.2. The molecule has 0 fully saturated rings. The second-order valence-electron chi connectivity index (χ2n) is 3.06. The van der Waals surface area contributed by atoms with Gasteiger partial charge in [0.15, 0.2) is 0 Å². The molecule has 9 heteroatoms. The quantitative estimate of drug-likeness (QED) is 0.837. The van der Waals surface area contributed by atoms with Gasteiger partial charge in [-0.25, -0.2) is 21.9 Å². The molecule has 96 valence electrons. The van der Waals surface area contributed by atoms with Gasteiger partial charge in [-0.2, -0.15) is 0 Å². The number of alkyl halides is 2. The normalized spacial score (nSPS) is 12.1. The largest absolute Gasteiger partial charge is 0.399 e. The molecule has 4 nitrogen and oxygen atoms in total. The van der Waals surface area contributed by atoms with Crippen LogP contribution in [0, 0.1) is 0 Å². The van der Waals surface area contributed by atoms with Crippen molar-refractivity contribution in [3.63, 3.8) is 0 Å². The number of sulfonamides is 1. The van der Waals surface area contributed by atoms with Crippen LogP contribution in [0.4, 0.5) is 14.5 Å². The summed E-state index contributed by atoms with van der Waals surface area (Å²) in [5.41, 5.74) is 5.56. The van der Waals surface area contributed by atoms with Gasteiger partial charge in [0.1, 0.15) is 4.90 Å². The molecule has 0 saturated carbocycles. The van der Waals surface area contributed by atoms with Gasteiger partial charge in [0, 0.05) is 5.69 Å². The molecule has 0 radical (unpaired) electrons. The van der Waals surface area contributed by atoms with Crippen LogP contribution in [0.2, 0.25) is 10.0 Å². The number of nitrogen functional groups attached to an aromatic ring is 1. The number of benzene rings is 1. The maximum absolute atomic E-state index is 11.9. The van der Waals surface area contributed by atoms with E-state index in [4.69, 9.17) is 28.9 Å². The van der Waals surface area contributed by atoms with Crippen LogP contribution in [0.5, 0.6) is 0 Å². The molecule has 0 spiro atoms. The van der Waals surface area contributed by atoms with Crippen LogP contribution < -0.4 is 10.5 Å². The Balaban J connectivity index is 3.16. The van der Waals surface area contributed by atoms with Crippen LogP contribution in [-0.2, 0) is 10.0 Å². The van der Waals surface area contributed by atoms with Crippen LogP contribution in [0.1, 0.15) is 0 Å².